The first-order valence-corrected chi connectivity index (χ1v) is 7.08. The van der Waals surface area contributed by atoms with Crippen LogP contribution in [-0.4, -0.2) is 16.6 Å². The maximum Gasteiger partial charge on any atom is 0.123 e. The van der Waals surface area contributed by atoms with E-state index in [1.807, 2.05) is 30.3 Å². The smallest absolute Gasteiger partial charge is 0.123 e. The quantitative estimate of drug-likeness (QED) is 0.374. The van der Waals surface area contributed by atoms with Gasteiger partial charge in [-0.3, -0.25) is 5.41 Å². The molecule has 0 amide bonds. The molecule has 18 heavy (non-hydrogen) atoms. The van der Waals surface area contributed by atoms with E-state index in [-0.39, 0.29) is 5.84 Å². The second-order valence-corrected chi connectivity index (χ2v) is 5.26. The summed E-state index contributed by atoms with van der Waals surface area (Å²) in [6.45, 7) is 2.18. The fourth-order valence-electron chi connectivity index (χ4n) is 1.77. The third-order valence-electron chi connectivity index (χ3n) is 2.73. The fourth-order valence-corrected chi connectivity index (χ4v) is 2.78. The molecule has 2 aromatic rings. The average Bonchev–Trinajstić information content (AvgIpc) is 2.38. The lowest BCUT2D eigenvalue weighted by molar-refractivity contribution is 0.895. The Morgan fingerprint density at radius 1 is 1.39 bits per heavy atom. The van der Waals surface area contributed by atoms with Crippen LogP contribution in [0.4, 0.5) is 0 Å². The molecule has 0 bridgehead atoms. The number of rotatable bonds is 5. The van der Waals surface area contributed by atoms with Crippen molar-refractivity contribution in [3.63, 3.8) is 0 Å². The molecule has 0 saturated heterocycles. The van der Waals surface area contributed by atoms with E-state index < -0.39 is 0 Å². The van der Waals surface area contributed by atoms with Crippen molar-refractivity contribution in [3.05, 3.63) is 35.9 Å². The number of nitrogens with one attached hydrogen (secondary N) is 1. The maximum absolute atomic E-state index is 7.67. The zero-order valence-electron chi connectivity index (χ0n) is 10.4. The zero-order valence-corrected chi connectivity index (χ0v) is 11.3. The Hall–Kier alpha value is -1.55. The Bertz CT molecular complexity index is 566. The first-order chi connectivity index (χ1) is 8.72. The number of thioether (sulfide) groups is 1. The molecule has 0 unspecified atom stereocenters. The van der Waals surface area contributed by atoms with Crippen LogP contribution < -0.4 is 5.73 Å². The molecule has 3 N–H and O–H groups in total. The van der Waals surface area contributed by atoms with Gasteiger partial charge in [0, 0.05) is 10.9 Å². The monoisotopic (exact) mass is 259 g/mol. The highest BCUT2D eigenvalue weighted by molar-refractivity contribution is 7.99. The molecule has 0 fully saturated rings. The maximum atomic E-state index is 7.67. The van der Waals surface area contributed by atoms with Crippen molar-refractivity contribution in [1.29, 1.82) is 5.41 Å². The lowest BCUT2D eigenvalue weighted by atomic mass is 10.1. The van der Waals surface area contributed by atoms with Gasteiger partial charge < -0.3 is 5.73 Å². The largest absolute Gasteiger partial charge is 0.384 e. The van der Waals surface area contributed by atoms with E-state index in [4.69, 9.17) is 11.1 Å². The van der Waals surface area contributed by atoms with Gasteiger partial charge >= 0.3 is 0 Å². The molecule has 2 rings (SSSR count). The summed E-state index contributed by atoms with van der Waals surface area (Å²) in [5.41, 5.74) is 7.33. The van der Waals surface area contributed by atoms with Crippen molar-refractivity contribution in [2.24, 2.45) is 5.73 Å². The Balaban J connectivity index is 2.41. The summed E-state index contributed by atoms with van der Waals surface area (Å²) in [7, 11) is 0. The number of unbranched alkanes of at least 4 members (excludes halogenated alkanes) is 1. The minimum Gasteiger partial charge on any atom is -0.384 e. The summed E-state index contributed by atoms with van der Waals surface area (Å²) < 4.78 is 0. The van der Waals surface area contributed by atoms with Crippen LogP contribution >= 0.6 is 11.8 Å². The number of hydrogen-bond donors (Lipinski definition) is 2. The summed E-state index contributed by atoms with van der Waals surface area (Å²) in [5.74, 6) is 1.16. The molecular weight excluding hydrogens is 242 g/mol. The van der Waals surface area contributed by atoms with Crippen molar-refractivity contribution in [3.8, 4) is 0 Å². The molecule has 4 heteroatoms. The normalized spacial score (nSPS) is 10.7. The van der Waals surface area contributed by atoms with E-state index >= 15 is 0 Å². The molecule has 0 aliphatic heterocycles. The Kier molecular flexibility index (Phi) is 4.20. The molecule has 0 spiro atoms. The third-order valence-corrected chi connectivity index (χ3v) is 3.73. The van der Waals surface area contributed by atoms with E-state index in [2.05, 4.69) is 11.9 Å². The molecule has 3 nitrogen and oxygen atoms in total. The highest BCUT2D eigenvalue weighted by atomic mass is 32.2. The number of nitrogen functional groups attached to an aromatic ring is 1. The minimum absolute atomic E-state index is 0.103. The predicted molar refractivity (Wildman–Crippen MR) is 78.4 cm³/mol. The van der Waals surface area contributed by atoms with E-state index in [1.165, 1.54) is 12.8 Å². The van der Waals surface area contributed by atoms with Crippen LogP contribution in [0.1, 0.15) is 25.3 Å². The summed E-state index contributed by atoms with van der Waals surface area (Å²) in [6.07, 6.45) is 2.36. The number of nitrogens with two attached hydrogens (primary N) is 1. The lowest BCUT2D eigenvalue weighted by Gasteiger charge is -2.07. The van der Waals surface area contributed by atoms with E-state index in [9.17, 15) is 0 Å². The average molecular weight is 259 g/mol. The number of para-hydroxylation sites is 1. The first-order valence-electron chi connectivity index (χ1n) is 6.09. The molecule has 1 aromatic carbocycles. The van der Waals surface area contributed by atoms with E-state index in [1.54, 1.807) is 11.8 Å². The number of hydrogen-bond acceptors (Lipinski definition) is 3. The van der Waals surface area contributed by atoms with E-state index in [0.717, 1.165) is 27.2 Å². The van der Waals surface area contributed by atoms with Crippen LogP contribution in [0.25, 0.3) is 10.9 Å². The number of fused-ring (bicyclic) bond motifs is 1. The van der Waals surface area contributed by atoms with Crippen LogP contribution in [-0.2, 0) is 0 Å². The van der Waals surface area contributed by atoms with Gasteiger partial charge in [-0.25, -0.2) is 4.98 Å². The number of aromatic nitrogens is 1. The Labute approximate surface area is 111 Å². The lowest BCUT2D eigenvalue weighted by Crippen LogP contribution is -2.12. The van der Waals surface area contributed by atoms with Gasteiger partial charge in [0.05, 0.1) is 10.5 Å². The highest BCUT2D eigenvalue weighted by Gasteiger charge is 2.07. The van der Waals surface area contributed by atoms with Crippen LogP contribution in [0.15, 0.2) is 35.4 Å². The standard InChI is InChI=1S/C14H17N3S/c1-2-3-8-18-13-9-11(14(15)16)10-6-4-5-7-12(10)17-13/h4-7,9H,2-3,8H2,1H3,(H3,15,16). The number of pyridine rings is 1. The molecule has 0 saturated carbocycles. The summed E-state index contributed by atoms with van der Waals surface area (Å²) in [5, 5.41) is 9.57. The van der Waals surface area contributed by atoms with Gasteiger partial charge in [-0.05, 0) is 24.3 Å². The fraction of sp³-hybridized carbons (Fsp3) is 0.286. The van der Waals surface area contributed by atoms with Crippen LogP contribution in [0.3, 0.4) is 0 Å². The molecule has 0 atom stereocenters. The number of amidine groups is 1. The number of benzene rings is 1. The predicted octanol–water partition coefficient (Wildman–Crippen LogP) is 3.41. The van der Waals surface area contributed by atoms with Crippen molar-refractivity contribution in [1.82, 2.24) is 4.98 Å². The Morgan fingerprint density at radius 3 is 2.89 bits per heavy atom. The first kappa shape index (κ1) is 12.9. The second kappa shape index (κ2) is 5.87. The SMILES string of the molecule is CCCCSc1cc(C(=N)N)c2ccccc2n1. The van der Waals surface area contributed by atoms with Crippen molar-refractivity contribution < 1.29 is 0 Å². The summed E-state index contributed by atoms with van der Waals surface area (Å²) in [6, 6.07) is 9.75. The van der Waals surface area contributed by atoms with Gasteiger partial charge in [0.1, 0.15) is 5.84 Å². The molecule has 1 heterocycles. The second-order valence-electron chi connectivity index (χ2n) is 4.14. The molecular formula is C14H17N3S. The highest BCUT2D eigenvalue weighted by Crippen LogP contribution is 2.24. The molecule has 0 aliphatic carbocycles. The van der Waals surface area contributed by atoms with Crippen LogP contribution in [0.2, 0.25) is 0 Å². The topological polar surface area (TPSA) is 62.8 Å². The Morgan fingerprint density at radius 2 is 2.17 bits per heavy atom. The number of nitrogens with zero attached hydrogens (tertiary/aromatic N) is 1. The van der Waals surface area contributed by atoms with Crippen LogP contribution in [0.5, 0.6) is 0 Å². The van der Waals surface area contributed by atoms with Gasteiger partial charge in [0.25, 0.3) is 0 Å². The van der Waals surface area contributed by atoms with Gasteiger partial charge in [-0.1, -0.05) is 31.5 Å². The van der Waals surface area contributed by atoms with Gasteiger partial charge in [-0.15, -0.1) is 11.8 Å². The van der Waals surface area contributed by atoms with Gasteiger partial charge in [0.2, 0.25) is 0 Å². The van der Waals surface area contributed by atoms with Gasteiger partial charge in [0.15, 0.2) is 0 Å². The van der Waals surface area contributed by atoms with Crippen molar-refractivity contribution >= 4 is 28.5 Å². The van der Waals surface area contributed by atoms with E-state index in [0.29, 0.717) is 0 Å². The summed E-state index contributed by atoms with van der Waals surface area (Å²) >= 11 is 1.73. The minimum atomic E-state index is 0.103. The third kappa shape index (κ3) is 2.82. The van der Waals surface area contributed by atoms with Crippen molar-refractivity contribution in [2.45, 2.75) is 24.8 Å². The van der Waals surface area contributed by atoms with Crippen LogP contribution in [0, 0.1) is 5.41 Å². The molecule has 1 aromatic heterocycles. The zero-order chi connectivity index (χ0) is 13.0. The van der Waals surface area contributed by atoms with Crippen molar-refractivity contribution in [2.75, 3.05) is 5.75 Å². The summed E-state index contributed by atoms with van der Waals surface area (Å²) in [4.78, 5) is 4.60. The molecule has 0 aliphatic rings. The van der Waals surface area contributed by atoms with Gasteiger partial charge in [-0.2, -0.15) is 0 Å². The molecule has 94 valence electrons. The molecule has 0 radical (unpaired) electrons.